The summed E-state index contributed by atoms with van der Waals surface area (Å²) in [5, 5.41) is 2.87. The number of nitrogens with one attached hydrogen (secondary N) is 1. The van der Waals surface area contributed by atoms with Gasteiger partial charge in [-0.05, 0) is 18.9 Å². The molecular formula is C9H9N2O. The van der Waals surface area contributed by atoms with Crippen LogP contribution in [0, 0.1) is 6.07 Å². The Kier molecular flexibility index (Phi) is 1.78. The average molecular weight is 161 g/mol. The van der Waals surface area contributed by atoms with Gasteiger partial charge in [0.15, 0.2) is 0 Å². The summed E-state index contributed by atoms with van der Waals surface area (Å²) in [5.41, 5.74) is 0.587. The van der Waals surface area contributed by atoms with Crippen LogP contribution >= 0.6 is 0 Å². The van der Waals surface area contributed by atoms with Crippen molar-refractivity contribution in [3.05, 3.63) is 30.1 Å². The molecule has 1 heterocycles. The number of pyridine rings is 1. The molecule has 0 aromatic carbocycles. The van der Waals surface area contributed by atoms with Gasteiger partial charge in [-0.15, -0.1) is 0 Å². The summed E-state index contributed by atoms with van der Waals surface area (Å²) < 4.78 is 0. The number of amides is 1. The molecule has 0 saturated heterocycles. The summed E-state index contributed by atoms with van der Waals surface area (Å²) in [6.07, 6.45) is 5.30. The van der Waals surface area contributed by atoms with Crippen LogP contribution in [0.25, 0.3) is 0 Å². The van der Waals surface area contributed by atoms with Gasteiger partial charge in [0, 0.05) is 24.5 Å². The highest BCUT2D eigenvalue weighted by Crippen LogP contribution is 2.18. The number of hydrogen-bond donors (Lipinski definition) is 1. The van der Waals surface area contributed by atoms with Crippen LogP contribution in [0.3, 0.4) is 0 Å². The lowest BCUT2D eigenvalue weighted by Crippen LogP contribution is -2.25. The topological polar surface area (TPSA) is 42.0 Å². The molecule has 0 spiro atoms. The van der Waals surface area contributed by atoms with E-state index in [1.165, 1.54) is 6.20 Å². The summed E-state index contributed by atoms with van der Waals surface area (Å²) in [6.45, 7) is 0. The van der Waals surface area contributed by atoms with Gasteiger partial charge in [0.05, 0.1) is 5.56 Å². The molecule has 61 valence electrons. The van der Waals surface area contributed by atoms with E-state index >= 15 is 0 Å². The van der Waals surface area contributed by atoms with Crippen molar-refractivity contribution in [2.75, 3.05) is 0 Å². The van der Waals surface area contributed by atoms with E-state index in [1.807, 2.05) is 0 Å². The maximum atomic E-state index is 11.3. The molecule has 0 atom stereocenters. The van der Waals surface area contributed by atoms with E-state index < -0.39 is 0 Å². The lowest BCUT2D eigenvalue weighted by molar-refractivity contribution is 0.0950. The third-order valence-electron chi connectivity index (χ3n) is 1.78. The van der Waals surface area contributed by atoms with Crippen LogP contribution in [0.5, 0.6) is 0 Å². The van der Waals surface area contributed by atoms with Crippen LogP contribution in [0.1, 0.15) is 23.2 Å². The minimum Gasteiger partial charge on any atom is -0.349 e. The zero-order chi connectivity index (χ0) is 8.39. The third kappa shape index (κ3) is 1.61. The van der Waals surface area contributed by atoms with E-state index in [4.69, 9.17) is 0 Å². The molecule has 1 fully saturated rings. The van der Waals surface area contributed by atoms with Crippen molar-refractivity contribution in [3.63, 3.8) is 0 Å². The third-order valence-corrected chi connectivity index (χ3v) is 1.78. The quantitative estimate of drug-likeness (QED) is 0.696. The predicted octanol–water partition coefficient (Wildman–Crippen LogP) is 0.774. The molecule has 1 radical (unpaired) electrons. The first-order valence-corrected chi connectivity index (χ1v) is 3.98. The zero-order valence-electron chi connectivity index (χ0n) is 6.58. The highest BCUT2D eigenvalue weighted by Gasteiger charge is 2.23. The fourth-order valence-corrected chi connectivity index (χ4v) is 0.945. The molecule has 1 amide bonds. The molecule has 12 heavy (non-hydrogen) atoms. The predicted molar refractivity (Wildman–Crippen MR) is 43.6 cm³/mol. The van der Waals surface area contributed by atoms with E-state index in [0.717, 1.165) is 12.8 Å². The molecule has 0 unspecified atom stereocenters. The second kappa shape index (κ2) is 2.93. The van der Waals surface area contributed by atoms with Gasteiger partial charge in [-0.1, -0.05) is 0 Å². The molecule has 1 aromatic heterocycles. The largest absolute Gasteiger partial charge is 0.349 e. The Morgan fingerprint density at radius 2 is 2.50 bits per heavy atom. The molecule has 1 aromatic rings. The van der Waals surface area contributed by atoms with Gasteiger partial charge in [-0.25, -0.2) is 0 Å². The molecule has 3 nitrogen and oxygen atoms in total. The molecule has 1 aliphatic carbocycles. The smallest absolute Gasteiger partial charge is 0.253 e. The van der Waals surface area contributed by atoms with Crippen LogP contribution in [0.15, 0.2) is 18.5 Å². The van der Waals surface area contributed by atoms with Crippen LogP contribution in [-0.4, -0.2) is 16.9 Å². The number of rotatable bonds is 2. The van der Waals surface area contributed by atoms with E-state index in [9.17, 15) is 4.79 Å². The van der Waals surface area contributed by atoms with Crippen LogP contribution in [0.2, 0.25) is 0 Å². The lowest BCUT2D eigenvalue weighted by atomic mass is 10.3. The minimum absolute atomic E-state index is 0.0400. The van der Waals surface area contributed by atoms with Gasteiger partial charge in [-0.3, -0.25) is 9.78 Å². The molecular weight excluding hydrogens is 152 g/mol. The van der Waals surface area contributed by atoms with E-state index in [-0.39, 0.29) is 5.91 Å². The average Bonchev–Trinajstić information content (AvgIpc) is 2.90. The summed E-state index contributed by atoms with van der Waals surface area (Å²) in [4.78, 5) is 15.1. The number of carbonyl (C=O) groups excluding carboxylic acids is 1. The normalized spacial score (nSPS) is 15.7. The molecule has 0 bridgehead atoms. The maximum Gasteiger partial charge on any atom is 0.253 e. The second-order valence-corrected chi connectivity index (χ2v) is 2.92. The molecule has 1 saturated carbocycles. The van der Waals surface area contributed by atoms with E-state index in [2.05, 4.69) is 16.4 Å². The monoisotopic (exact) mass is 161 g/mol. The van der Waals surface area contributed by atoms with Crippen molar-refractivity contribution >= 4 is 5.91 Å². The number of hydrogen-bond acceptors (Lipinski definition) is 2. The Bertz CT molecular complexity index is 280. The standard InChI is InChI=1S/C9H9N2O/c12-9(11-8-3-4-8)7-2-1-5-10-6-7/h2,5-6,8H,3-4H2,(H,11,12). The van der Waals surface area contributed by atoms with Crippen LogP contribution in [0.4, 0.5) is 0 Å². The summed E-state index contributed by atoms with van der Waals surface area (Å²) >= 11 is 0. The summed E-state index contributed by atoms with van der Waals surface area (Å²) in [7, 11) is 0. The Balaban J connectivity index is 2.03. The minimum atomic E-state index is -0.0400. The van der Waals surface area contributed by atoms with E-state index in [1.54, 1.807) is 12.3 Å². The van der Waals surface area contributed by atoms with Crippen molar-refractivity contribution in [3.8, 4) is 0 Å². The number of carbonyl (C=O) groups is 1. The lowest BCUT2D eigenvalue weighted by Gasteiger charge is -2.00. The van der Waals surface area contributed by atoms with Gasteiger partial charge >= 0.3 is 0 Å². The fraction of sp³-hybridized carbons (Fsp3) is 0.333. The number of nitrogens with zero attached hydrogens (tertiary/aromatic N) is 1. The first kappa shape index (κ1) is 7.28. The maximum absolute atomic E-state index is 11.3. The molecule has 0 aliphatic heterocycles. The first-order valence-electron chi connectivity index (χ1n) is 3.98. The van der Waals surface area contributed by atoms with Gasteiger partial charge < -0.3 is 5.32 Å². The summed E-state index contributed by atoms with van der Waals surface area (Å²) in [6, 6.07) is 4.81. The molecule has 2 rings (SSSR count). The van der Waals surface area contributed by atoms with Crippen molar-refractivity contribution in [1.29, 1.82) is 0 Å². The molecule has 3 heteroatoms. The number of aromatic nitrogens is 1. The molecule has 1 N–H and O–H groups in total. The first-order chi connectivity index (χ1) is 5.86. The van der Waals surface area contributed by atoms with Gasteiger partial charge in [0.25, 0.3) is 5.91 Å². The Morgan fingerprint density at radius 3 is 3.08 bits per heavy atom. The second-order valence-electron chi connectivity index (χ2n) is 2.92. The highest BCUT2D eigenvalue weighted by atomic mass is 16.1. The van der Waals surface area contributed by atoms with Gasteiger partial charge in [0.1, 0.15) is 0 Å². The van der Waals surface area contributed by atoms with Gasteiger partial charge in [-0.2, -0.15) is 0 Å². The van der Waals surface area contributed by atoms with Gasteiger partial charge in [0.2, 0.25) is 0 Å². The van der Waals surface area contributed by atoms with Crippen molar-refractivity contribution in [2.45, 2.75) is 18.9 Å². The van der Waals surface area contributed by atoms with E-state index in [0.29, 0.717) is 11.6 Å². The zero-order valence-corrected chi connectivity index (χ0v) is 6.58. The van der Waals surface area contributed by atoms with Crippen LogP contribution < -0.4 is 5.32 Å². The Hall–Kier alpha value is -1.38. The molecule has 1 aliphatic rings. The van der Waals surface area contributed by atoms with Crippen LogP contribution in [-0.2, 0) is 0 Å². The fourth-order valence-electron chi connectivity index (χ4n) is 0.945. The Labute approximate surface area is 70.8 Å². The highest BCUT2D eigenvalue weighted by molar-refractivity contribution is 5.94. The Morgan fingerprint density at radius 1 is 1.67 bits per heavy atom. The summed E-state index contributed by atoms with van der Waals surface area (Å²) in [5.74, 6) is -0.0400. The van der Waals surface area contributed by atoms with Crippen molar-refractivity contribution < 1.29 is 4.79 Å². The van der Waals surface area contributed by atoms with Crippen molar-refractivity contribution in [1.82, 2.24) is 10.3 Å². The van der Waals surface area contributed by atoms with Crippen molar-refractivity contribution in [2.24, 2.45) is 0 Å². The SMILES string of the molecule is O=C(NC1CC1)c1c[c]cnc1.